The number of benzene rings is 2. The molecule has 5 nitrogen and oxygen atoms in total. The summed E-state index contributed by atoms with van der Waals surface area (Å²) in [5, 5.41) is 8.92. The molecule has 0 bridgehead atoms. The third-order valence-electron chi connectivity index (χ3n) is 4.40. The first-order valence-corrected chi connectivity index (χ1v) is 8.93. The summed E-state index contributed by atoms with van der Waals surface area (Å²) in [6.45, 7) is 7.65. The van der Waals surface area contributed by atoms with Crippen molar-refractivity contribution in [3.05, 3.63) is 60.2 Å². The van der Waals surface area contributed by atoms with Gasteiger partial charge in [0.05, 0.1) is 5.56 Å². The van der Waals surface area contributed by atoms with Crippen LogP contribution >= 0.6 is 0 Å². The summed E-state index contributed by atoms with van der Waals surface area (Å²) in [6.07, 6.45) is 0. The average Bonchev–Trinajstić information content (AvgIpc) is 2.65. The first kappa shape index (κ1) is 19.8. The van der Waals surface area contributed by atoms with Gasteiger partial charge in [-0.15, -0.1) is 0 Å². The third kappa shape index (κ3) is 6.08. The van der Waals surface area contributed by atoms with E-state index >= 15 is 0 Å². The molecule has 0 saturated heterocycles. The molecule has 0 heterocycles. The number of hydrogen-bond donors (Lipinski definition) is 1. The zero-order valence-corrected chi connectivity index (χ0v) is 15.8. The second-order valence-corrected chi connectivity index (χ2v) is 6.56. The molecule has 140 valence electrons. The molecule has 0 fully saturated rings. The van der Waals surface area contributed by atoms with Gasteiger partial charge in [0.25, 0.3) is 0 Å². The number of hydrogen-bond acceptors (Lipinski definition) is 4. The molecule has 2 aromatic carbocycles. The average molecular weight is 356 g/mol. The molecule has 2 rings (SSSR count). The first-order chi connectivity index (χ1) is 12.5. The van der Waals surface area contributed by atoms with Crippen molar-refractivity contribution in [3.8, 4) is 5.75 Å². The monoisotopic (exact) mass is 356 g/mol. The van der Waals surface area contributed by atoms with Gasteiger partial charge in [0.1, 0.15) is 12.4 Å². The zero-order valence-electron chi connectivity index (χ0n) is 15.8. The van der Waals surface area contributed by atoms with Gasteiger partial charge in [-0.3, -0.25) is 4.90 Å². The van der Waals surface area contributed by atoms with E-state index in [0.717, 1.165) is 19.6 Å². The molecule has 2 aromatic rings. The van der Waals surface area contributed by atoms with Crippen molar-refractivity contribution >= 4 is 11.7 Å². The lowest BCUT2D eigenvalue weighted by molar-refractivity contribution is 0.0697. The minimum atomic E-state index is -0.926. The predicted octanol–water partition coefficient (Wildman–Crippen LogP) is 3.61. The van der Waals surface area contributed by atoms with Crippen molar-refractivity contribution in [1.29, 1.82) is 0 Å². The second kappa shape index (κ2) is 9.82. The van der Waals surface area contributed by atoms with E-state index in [0.29, 0.717) is 18.4 Å². The van der Waals surface area contributed by atoms with E-state index in [1.54, 1.807) is 24.3 Å². The lowest BCUT2D eigenvalue weighted by Gasteiger charge is -2.29. The fourth-order valence-corrected chi connectivity index (χ4v) is 2.69. The molecule has 0 amide bonds. The highest BCUT2D eigenvalue weighted by molar-refractivity contribution is 5.87. The first-order valence-electron chi connectivity index (χ1n) is 8.93. The number of carboxylic acid groups (broad SMARTS) is 1. The third-order valence-corrected chi connectivity index (χ3v) is 4.40. The van der Waals surface area contributed by atoms with Crippen LogP contribution in [-0.2, 0) is 0 Å². The highest BCUT2D eigenvalue weighted by Gasteiger charge is 2.11. The van der Waals surface area contributed by atoms with E-state index in [1.807, 2.05) is 6.07 Å². The summed E-state index contributed by atoms with van der Waals surface area (Å²) < 4.78 is 5.76. The summed E-state index contributed by atoms with van der Waals surface area (Å²) >= 11 is 0. The van der Waals surface area contributed by atoms with Gasteiger partial charge in [0, 0.05) is 38.4 Å². The SMILES string of the molecule is CC(C)N(CCOc1ccc(C(=O)O)cc1)CCN(C)c1ccccc1. The van der Waals surface area contributed by atoms with Crippen LogP contribution in [0.5, 0.6) is 5.75 Å². The molecule has 0 unspecified atom stereocenters. The molecule has 26 heavy (non-hydrogen) atoms. The molecule has 0 saturated carbocycles. The Balaban J connectivity index is 1.79. The predicted molar refractivity (Wildman–Crippen MR) is 105 cm³/mol. The number of likely N-dealkylation sites (N-methyl/N-ethyl adjacent to an activating group) is 1. The molecule has 0 radical (unpaired) electrons. The summed E-state index contributed by atoms with van der Waals surface area (Å²) in [4.78, 5) is 15.5. The van der Waals surface area contributed by atoms with E-state index in [-0.39, 0.29) is 5.56 Å². The Hall–Kier alpha value is -2.53. The van der Waals surface area contributed by atoms with E-state index in [2.05, 4.69) is 55.0 Å². The van der Waals surface area contributed by atoms with Crippen LogP contribution in [0.15, 0.2) is 54.6 Å². The molecular formula is C21H28N2O3. The van der Waals surface area contributed by atoms with Crippen LogP contribution in [0, 0.1) is 0 Å². The van der Waals surface area contributed by atoms with Gasteiger partial charge in [0.15, 0.2) is 0 Å². The molecule has 0 atom stereocenters. The Labute approximate surface area is 155 Å². The normalized spacial score (nSPS) is 11.0. The number of rotatable bonds is 10. The molecule has 0 spiro atoms. The molecule has 0 aromatic heterocycles. The number of aromatic carboxylic acids is 1. The quantitative estimate of drug-likeness (QED) is 0.705. The van der Waals surface area contributed by atoms with Crippen molar-refractivity contribution in [2.45, 2.75) is 19.9 Å². The minimum Gasteiger partial charge on any atom is -0.492 e. The number of ether oxygens (including phenoxy) is 1. The van der Waals surface area contributed by atoms with E-state index in [1.165, 1.54) is 5.69 Å². The zero-order chi connectivity index (χ0) is 18.9. The number of anilines is 1. The lowest BCUT2D eigenvalue weighted by Crippen LogP contribution is -2.40. The van der Waals surface area contributed by atoms with Crippen LogP contribution in [0.2, 0.25) is 0 Å². The number of carbonyl (C=O) groups is 1. The molecule has 0 aliphatic rings. The van der Waals surface area contributed by atoms with Gasteiger partial charge < -0.3 is 14.7 Å². The molecule has 0 aliphatic carbocycles. The maximum absolute atomic E-state index is 10.9. The second-order valence-electron chi connectivity index (χ2n) is 6.56. The van der Waals surface area contributed by atoms with Gasteiger partial charge in [-0.05, 0) is 50.2 Å². The van der Waals surface area contributed by atoms with Gasteiger partial charge in [0.2, 0.25) is 0 Å². The smallest absolute Gasteiger partial charge is 0.335 e. The number of nitrogens with zero attached hydrogens (tertiary/aromatic N) is 2. The maximum Gasteiger partial charge on any atom is 0.335 e. The lowest BCUT2D eigenvalue weighted by atomic mass is 10.2. The topological polar surface area (TPSA) is 53.0 Å². The van der Waals surface area contributed by atoms with Crippen LogP contribution < -0.4 is 9.64 Å². The van der Waals surface area contributed by atoms with Gasteiger partial charge >= 0.3 is 5.97 Å². The van der Waals surface area contributed by atoms with Crippen molar-refractivity contribution in [2.24, 2.45) is 0 Å². The number of para-hydroxylation sites is 1. The largest absolute Gasteiger partial charge is 0.492 e. The van der Waals surface area contributed by atoms with E-state index < -0.39 is 5.97 Å². The van der Waals surface area contributed by atoms with Crippen LogP contribution in [0.25, 0.3) is 0 Å². The molecule has 5 heteroatoms. The van der Waals surface area contributed by atoms with E-state index in [9.17, 15) is 4.79 Å². The molecular weight excluding hydrogens is 328 g/mol. The highest BCUT2D eigenvalue weighted by atomic mass is 16.5. The summed E-state index contributed by atoms with van der Waals surface area (Å²) in [6, 6.07) is 17.3. The van der Waals surface area contributed by atoms with Crippen LogP contribution in [0.1, 0.15) is 24.2 Å². The van der Waals surface area contributed by atoms with Gasteiger partial charge in [-0.1, -0.05) is 18.2 Å². The van der Waals surface area contributed by atoms with Crippen molar-refractivity contribution < 1.29 is 14.6 Å². The fourth-order valence-electron chi connectivity index (χ4n) is 2.69. The van der Waals surface area contributed by atoms with Crippen molar-refractivity contribution in [2.75, 3.05) is 38.2 Å². The van der Waals surface area contributed by atoms with Gasteiger partial charge in [-0.25, -0.2) is 4.79 Å². The van der Waals surface area contributed by atoms with Crippen molar-refractivity contribution in [3.63, 3.8) is 0 Å². The Morgan fingerprint density at radius 2 is 1.65 bits per heavy atom. The van der Waals surface area contributed by atoms with Crippen LogP contribution in [0.4, 0.5) is 5.69 Å². The van der Waals surface area contributed by atoms with Crippen LogP contribution in [-0.4, -0.2) is 55.3 Å². The van der Waals surface area contributed by atoms with Crippen molar-refractivity contribution in [1.82, 2.24) is 4.90 Å². The summed E-state index contributed by atoms with van der Waals surface area (Å²) in [7, 11) is 2.11. The van der Waals surface area contributed by atoms with Crippen LogP contribution in [0.3, 0.4) is 0 Å². The fraction of sp³-hybridized carbons (Fsp3) is 0.381. The Morgan fingerprint density at radius 1 is 1.00 bits per heavy atom. The van der Waals surface area contributed by atoms with Gasteiger partial charge in [-0.2, -0.15) is 0 Å². The minimum absolute atomic E-state index is 0.269. The molecule has 1 N–H and O–H groups in total. The maximum atomic E-state index is 10.9. The Bertz CT molecular complexity index is 671. The number of carboxylic acids is 1. The summed E-state index contributed by atoms with van der Waals surface area (Å²) in [5.41, 5.74) is 1.48. The Kier molecular flexibility index (Phi) is 7.48. The molecule has 0 aliphatic heterocycles. The Morgan fingerprint density at radius 3 is 2.23 bits per heavy atom. The highest BCUT2D eigenvalue weighted by Crippen LogP contribution is 2.13. The standard InChI is InChI=1S/C21H28N2O3/c1-17(2)23(14-13-22(3)19-7-5-4-6-8-19)15-16-26-20-11-9-18(10-12-20)21(24)25/h4-12,17H,13-16H2,1-3H3,(H,24,25). The summed E-state index contributed by atoms with van der Waals surface area (Å²) in [5.74, 6) is -0.231. The van der Waals surface area contributed by atoms with E-state index in [4.69, 9.17) is 9.84 Å².